The molecule has 0 amide bonds. The number of rotatable bonds is 3. The molecule has 0 saturated heterocycles. The molecule has 3 aliphatic rings. The van der Waals surface area contributed by atoms with Gasteiger partial charge in [0.15, 0.2) is 11.6 Å². The van der Waals surface area contributed by atoms with E-state index in [1.807, 2.05) is 25.1 Å². The summed E-state index contributed by atoms with van der Waals surface area (Å²) in [6, 6.07) is 12.7. The number of Topliss-reactive ketones (excluding diaryl/α,β-unsaturated/α-hetero) is 1. The van der Waals surface area contributed by atoms with Gasteiger partial charge in [0.25, 0.3) is 0 Å². The smallest absolute Gasteiger partial charge is 0.176 e. The molecule has 1 saturated carbocycles. The van der Waals surface area contributed by atoms with Crippen LogP contribution in [0.1, 0.15) is 56.0 Å². The van der Waals surface area contributed by atoms with Crippen molar-refractivity contribution in [1.29, 1.82) is 5.26 Å². The number of fused-ring (bicyclic) bond motifs is 3. The van der Waals surface area contributed by atoms with Crippen LogP contribution in [0.15, 0.2) is 54.2 Å². The van der Waals surface area contributed by atoms with Gasteiger partial charge >= 0.3 is 0 Å². The van der Waals surface area contributed by atoms with Gasteiger partial charge in [-0.3, -0.25) is 9.78 Å². The second kappa shape index (κ2) is 7.91. The molecular weight excluding hydrogens is 439 g/mol. The van der Waals surface area contributed by atoms with Crippen molar-refractivity contribution < 1.29 is 9.18 Å². The van der Waals surface area contributed by atoms with Gasteiger partial charge in [-0.25, -0.2) is 14.4 Å². The van der Waals surface area contributed by atoms with Crippen molar-refractivity contribution in [2.75, 3.05) is 0 Å². The van der Waals surface area contributed by atoms with Gasteiger partial charge in [-0.1, -0.05) is 32.1 Å². The number of nitriles is 1. The lowest BCUT2D eigenvalue weighted by molar-refractivity contribution is -0.121. The number of hydrogen-bond donors (Lipinski definition) is 0. The minimum Gasteiger partial charge on any atom is -0.293 e. The van der Waals surface area contributed by atoms with Crippen LogP contribution in [-0.4, -0.2) is 20.7 Å². The van der Waals surface area contributed by atoms with Crippen LogP contribution in [0.3, 0.4) is 0 Å². The first kappa shape index (κ1) is 21.8. The summed E-state index contributed by atoms with van der Waals surface area (Å²) in [6.45, 7) is 3.96. The lowest BCUT2D eigenvalue weighted by Gasteiger charge is -2.45. The number of benzene rings is 1. The molecule has 0 radical (unpaired) electrons. The lowest BCUT2D eigenvalue weighted by Crippen LogP contribution is -2.46. The number of carbonyl (C=O) groups excluding carboxylic acids is 1. The molecule has 5 nitrogen and oxygen atoms in total. The molecule has 3 aliphatic carbocycles. The van der Waals surface area contributed by atoms with E-state index < -0.39 is 5.41 Å². The Morgan fingerprint density at radius 3 is 2.69 bits per heavy atom. The number of pyridine rings is 1. The van der Waals surface area contributed by atoms with Crippen LogP contribution >= 0.6 is 0 Å². The molecule has 6 heteroatoms. The van der Waals surface area contributed by atoms with E-state index in [4.69, 9.17) is 9.97 Å². The third kappa shape index (κ3) is 3.41. The number of carbonyl (C=O) groups is 1. The summed E-state index contributed by atoms with van der Waals surface area (Å²) in [7, 11) is 0. The van der Waals surface area contributed by atoms with E-state index in [9.17, 15) is 10.1 Å². The Labute approximate surface area is 203 Å². The zero-order chi connectivity index (χ0) is 24.3. The molecule has 2 heterocycles. The molecule has 0 N–H and O–H groups in total. The summed E-state index contributed by atoms with van der Waals surface area (Å²) >= 11 is 0. The van der Waals surface area contributed by atoms with Crippen LogP contribution in [-0.2, 0) is 16.6 Å². The van der Waals surface area contributed by atoms with Crippen molar-refractivity contribution in [3.63, 3.8) is 0 Å². The number of aromatic nitrogens is 3. The zero-order valence-corrected chi connectivity index (χ0v) is 19.8. The number of hydrogen-bond acceptors (Lipinski definition) is 5. The van der Waals surface area contributed by atoms with Crippen LogP contribution in [0.2, 0.25) is 0 Å². The van der Waals surface area contributed by atoms with Gasteiger partial charge in [-0.2, -0.15) is 5.26 Å². The molecule has 174 valence electrons. The Bertz CT molecular complexity index is 1450. The highest BCUT2D eigenvalue weighted by molar-refractivity contribution is 6.02. The highest BCUT2D eigenvalue weighted by atomic mass is 19.1. The molecule has 0 aliphatic heterocycles. The van der Waals surface area contributed by atoms with Crippen LogP contribution in [0.25, 0.3) is 22.6 Å². The van der Waals surface area contributed by atoms with E-state index in [-0.39, 0.29) is 29.0 Å². The van der Waals surface area contributed by atoms with Gasteiger partial charge in [0.2, 0.25) is 0 Å². The molecule has 0 spiro atoms. The van der Waals surface area contributed by atoms with Crippen LogP contribution < -0.4 is 0 Å². The predicted octanol–water partition coefficient (Wildman–Crippen LogP) is 5.71. The Hall–Kier alpha value is -3.72. The van der Waals surface area contributed by atoms with Crippen molar-refractivity contribution in [3.05, 3.63) is 77.0 Å². The Morgan fingerprint density at radius 2 is 1.94 bits per heavy atom. The fourth-order valence-electron chi connectivity index (χ4n) is 5.97. The van der Waals surface area contributed by atoms with Gasteiger partial charge in [-0.05, 0) is 55.9 Å². The third-order valence-corrected chi connectivity index (χ3v) is 8.00. The molecule has 2 aromatic heterocycles. The Kier molecular flexibility index (Phi) is 4.93. The Morgan fingerprint density at radius 1 is 1.14 bits per heavy atom. The number of allylic oxidation sites excluding steroid dienone is 2. The fourth-order valence-corrected chi connectivity index (χ4v) is 5.97. The van der Waals surface area contributed by atoms with E-state index >= 15 is 4.39 Å². The van der Waals surface area contributed by atoms with Gasteiger partial charge in [0.05, 0.1) is 17.0 Å². The van der Waals surface area contributed by atoms with Gasteiger partial charge in [-0.15, -0.1) is 0 Å². The Balaban J connectivity index is 1.63. The first-order valence-corrected chi connectivity index (χ1v) is 12.2. The maximum Gasteiger partial charge on any atom is 0.176 e. The van der Waals surface area contributed by atoms with Gasteiger partial charge in [0, 0.05) is 45.8 Å². The summed E-state index contributed by atoms with van der Waals surface area (Å²) in [6.07, 6.45) is 7.24. The minimum atomic E-state index is -0.629. The first-order chi connectivity index (χ1) is 16.9. The quantitative estimate of drug-likeness (QED) is 0.496. The van der Waals surface area contributed by atoms with Crippen molar-refractivity contribution >= 4 is 5.78 Å². The molecule has 0 unspecified atom stereocenters. The number of halogens is 1. The molecule has 6 rings (SSSR count). The summed E-state index contributed by atoms with van der Waals surface area (Å²) < 4.78 is 15.0. The van der Waals surface area contributed by atoms with E-state index in [1.165, 1.54) is 6.07 Å². The molecule has 1 fully saturated rings. The SMILES string of the molecule is C[C@H]1C(=O)C(C#N)=C[C@@]2(C)c3nc(-c4ccnc(C5CC5)c4)nc(-c4ccccc4F)c3CC[C@H]12. The second-order valence-corrected chi connectivity index (χ2v) is 10.2. The largest absolute Gasteiger partial charge is 0.293 e. The fraction of sp³-hybridized carbons (Fsp3) is 0.345. The monoisotopic (exact) mass is 464 g/mol. The average Bonchev–Trinajstić information content (AvgIpc) is 3.72. The summed E-state index contributed by atoms with van der Waals surface area (Å²) in [4.78, 5) is 27.3. The van der Waals surface area contributed by atoms with Gasteiger partial charge < -0.3 is 0 Å². The molecule has 0 bridgehead atoms. The first-order valence-electron chi connectivity index (χ1n) is 12.2. The minimum absolute atomic E-state index is 0.00952. The van der Waals surface area contributed by atoms with Crippen molar-refractivity contribution in [1.82, 2.24) is 15.0 Å². The second-order valence-electron chi connectivity index (χ2n) is 10.2. The number of nitrogens with zero attached hydrogens (tertiary/aromatic N) is 4. The highest BCUT2D eigenvalue weighted by Gasteiger charge is 2.49. The van der Waals surface area contributed by atoms with Crippen molar-refractivity contribution in [3.8, 4) is 28.7 Å². The van der Waals surface area contributed by atoms with E-state index in [0.29, 0.717) is 29.4 Å². The van der Waals surface area contributed by atoms with Crippen molar-refractivity contribution in [2.24, 2.45) is 11.8 Å². The molecule has 1 aromatic carbocycles. The summed E-state index contributed by atoms with van der Waals surface area (Å²) in [5, 5.41) is 9.69. The maximum atomic E-state index is 15.0. The average molecular weight is 465 g/mol. The van der Waals surface area contributed by atoms with E-state index in [1.54, 1.807) is 24.4 Å². The molecular formula is C29H25FN4O. The highest BCUT2D eigenvalue weighted by Crippen LogP contribution is 2.51. The zero-order valence-electron chi connectivity index (χ0n) is 19.8. The van der Waals surface area contributed by atoms with Gasteiger partial charge in [0.1, 0.15) is 11.9 Å². The normalized spacial score (nSPS) is 25.3. The maximum absolute atomic E-state index is 15.0. The van der Waals surface area contributed by atoms with Crippen LogP contribution in [0.4, 0.5) is 4.39 Å². The van der Waals surface area contributed by atoms with E-state index in [2.05, 4.69) is 18.0 Å². The number of ketones is 1. The van der Waals surface area contributed by atoms with Crippen LogP contribution in [0.5, 0.6) is 0 Å². The summed E-state index contributed by atoms with van der Waals surface area (Å²) in [5.74, 6) is 0.281. The third-order valence-electron chi connectivity index (χ3n) is 8.00. The van der Waals surface area contributed by atoms with Crippen molar-refractivity contribution in [2.45, 2.75) is 50.9 Å². The lowest BCUT2D eigenvalue weighted by atomic mass is 9.57. The van der Waals surface area contributed by atoms with E-state index in [0.717, 1.165) is 41.8 Å². The van der Waals surface area contributed by atoms with Crippen LogP contribution in [0, 0.1) is 29.0 Å². The summed E-state index contributed by atoms with van der Waals surface area (Å²) in [5.41, 5.74) is 4.13. The standard InChI is InChI=1S/C29H25FN4O/c1-16-22-10-9-21-25(20-5-3-4-6-23(20)30)33-28(18-11-12-32-24(13-18)17-7-8-17)34-27(21)29(22,2)14-19(15-31)26(16)35/h3-6,11-14,16-17,22H,7-10H2,1-2H3/t16-,22-,29-/m1/s1. The predicted molar refractivity (Wildman–Crippen MR) is 130 cm³/mol. The molecule has 35 heavy (non-hydrogen) atoms. The molecule has 3 atom stereocenters. The molecule has 3 aromatic rings. The topological polar surface area (TPSA) is 79.5 Å².